The molecule has 1 N–H and O–H groups in total. The Kier molecular flexibility index (Phi) is 5.22. The first kappa shape index (κ1) is 9.99. The van der Waals surface area contributed by atoms with Gasteiger partial charge in [-0.2, -0.15) is 0 Å². The average Bonchev–Trinajstić information content (AvgIpc) is 1.87. The van der Waals surface area contributed by atoms with Crippen molar-refractivity contribution in [2.24, 2.45) is 0 Å². The van der Waals surface area contributed by atoms with Gasteiger partial charge in [-0.3, -0.25) is 9.69 Å². The Bertz CT molecular complexity index is 160. The highest BCUT2D eigenvalue weighted by Crippen LogP contribution is 1.91. The van der Waals surface area contributed by atoms with Gasteiger partial charge in [0.1, 0.15) is 0 Å². The minimum atomic E-state index is -0.751. The topological polar surface area (TPSA) is 40.5 Å². The minimum absolute atomic E-state index is 0.217. The van der Waals surface area contributed by atoms with Crippen LogP contribution < -0.4 is 0 Å². The second-order valence-electron chi connectivity index (χ2n) is 2.44. The van der Waals surface area contributed by atoms with Gasteiger partial charge in [-0.25, -0.2) is 0 Å². The number of carbonyl (C=O) groups is 1. The lowest BCUT2D eigenvalue weighted by Crippen LogP contribution is -2.20. The van der Waals surface area contributed by atoms with Crippen LogP contribution in [0.15, 0.2) is 0 Å². The summed E-state index contributed by atoms with van der Waals surface area (Å²) in [6.45, 7) is 1.33. The quantitative estimate of drug-likeness (QED) is 0.585. The number of aliphatic carboxylic acids is 1. The number of terminal acetylenes is 1. The average molecular weight is 155 g/mol. The van der Waals surface area contributed by atoms with Gasteiger partial charge in [0.25, 0.3) is 0 Å². The Morgan fingerprint density at radius 1 is 1.73 bits per heavy atom. The summed E-state index contributed by atoms with van der Waals surface area (Å²) in [5.41, 5.74) is 0. The molecule has 0 aliphatic rings. The van der Waals surface area contributed by atoms with Crippen LogP contribution in [0.25, 0.3) is 0 Å². The number of carboxylic acids is 1. The fourth-order valence-corrected chi connectivity index (χ4v) is 0.735. The van der Waals surface area contributed by atoms with E-state index < -0.39 is 5.97 Å². The van der Waals surface area contributed by atoms with Crippen molar-refractivity contribution in [3.63, 3.8) is 0 Å². The molecule has 3 heteroatoms. The first-order valence-corrected chi connectivity index (χ1v) is 3.50. The van der Waals surface area contributed by atoms with Gasteiger partial charge >= 0.3 is 5.97 Å². The van der Waals surface area contributed by atoms with Gasteiger partial charge < -0.3 is 5.11 Å². The predicted molar refractivity (Wildman–Crippen MR) is 43.2 cm³/mol. The largest absolute Gasteiger partial charge is 0.481 e. The van der Waals surface area contributed by atoms with Crippen molar-refractivity contribution in [1.82, 2.24) is 4.90 Å². The Morgan fingerprint density at radius 2 is 2.36 bits per heavy atom. The third-order valence-corrected chi connectivity index (χ3v) is 1.29. The van der Waals surface area contributed by atoms with E-state index in [0.29, 0.717) is 13.0 Å². The van der Waals surface area contributed by atoms with E-state index in [-0.39, 0.29) is 6.42 Å². The van der Waals surface area contributed by atoms with Gasteiger partial charge in [0.05, 0.1) is 6.54 Å². The molecule has 0 aliphatic heterocycles. The molecule has 0 aromatic heterocycles. The monoisotopic (exact) mass is 155 g/mol. The second-order valence-corrected chi connectivity index (χ2v) is 2.44. The first-order chi connectivity index (χ1) is 5.16. The molecule has 0 saturated carbocycles. The number of hydrogen-bond donors (Lipinski definition) is 1. The Labute approximate surface area is 67.0 Å². The zero-order valence-corrected chi connectivity index (χ0v) is 6.71. The molecular formula is C8H13NO2. The van der Waals surface area contributed by atoms with E-state index in [1.165, 1.54) is 0 Å². The zero-order chi connectivity index (χ0) is 8.69. The van der Waals surface area contributed by atoms with Crippen molar-refractivity contribution < 1.29 is 9.90 Å². The Balaban J connectivity index is 3.25. The summed E-state index contributed by atoms with van der Waals surface area (Å²) in [6.07, 6.45) is 5.93. The molecule has 62 valence electrons. The molecule has 0 unspecified atom stereocenters. The maximum atomic E-state index is 10.1. The highest BCUT2D eigenvalue weighted by Gasteiger charge is 1.98. The highest BCUT2D eigenvalue weighted by molar-refractivity contribution is 5.66. The highest BCUT2D eigenvalue weighted by atomic mass is 16.4. The Hall–Kier alpha value is -1.01. The fourth-order valence-electron chi connectivity index (χ4n) is 0.735. The molecule has 0 saturated heterocycles. The van der Waals surface area contributed by atoms with Crippen LogP contribution in [-0.4, -0.2) is 36.1 Å². The van der Waals surface area contributed by atoms with Gasteiger partial charge in [-0.05, 0) is 20.0 Å². The van der Waals surface area contributed by atoms with E-state index in [0.717, 1.165) is 6.54 Å². The van der Waals surface area contributed by atoms with E-state index in [1.807, 2.05) is 11.9 Å². The molecule has 0 amide bonds. The number of hydrogen-bond acceptors (Lipinski definition) is 2. The van der Waals surface area contributed by atoms with Crippen LogP contribution in [-0.2, 0) is 4.79 Å². The SMILES string of the molecule is C#CCN(C)CCCC(=O)O. The van der Waals surface area contributed by atoms with Gasteiger partial charge in [-0.1, -0.05) is 5.92 Å². The molecule has 3 nitrogen and oxygen atoms in total. The minimum Gasteiger partial charge on any atom is -0.481 e. The number of nitrogens with zero attached hydrogens (tertiary/aromatic N) is 1. The van der Waals surface area contributed by atoms with E-state index in [1.54, 1.807) is 0 Å². The van der Waals surface area contributed by atoms with Crippen molar-refractivity contribution in [1.29, 1.82) is 0 Å². The molecule has 0 radical (unpaired) electrons. The van der Waals surface area contributed by atoms with Crippen molar-refractivity contribution in [2.75, 3.05) is 20.1 Å². The van der Waals surface area contributed by atoms with Crippen LogP contribution in [0, 0.1) is 12.3 Å². The maximum Gasteiger partial charge on any atom is 0.303 e. The van der Waals surface area contributed by atoms with Crippen LogP contribution in [0.1, 0.15) is 12.8 Å². The lowest BCUT2D eigenvalue weighted by Gasteiger charge is -2.10. The number of carboxylic acid groups (broad SMARTS) is 1. The fraction of sp³-hybridized carbons (Fsp3) is 0.625. The summed E-state index contributed by atoms with van der Waals surface area (Å²) in [7, 11) is 1.88. The van der Waals surface area contributed by atoms with Crippen LogP contribution in [0.3, 0.4) is 0 Å². The summed E-state index contributed by atoms with van der Waals surface area (Å²) in [4.78, 5) is 12.0. The van der Waals surface area contributed by atoms with Crippen LogP contribution in [0.5, 0.6) is 0 Å². The van der Waals surface area contributed by atoms with Gasteiger partial charge in [0.2, 0.25) is 0 Å². The van der Waals surface area contributed by atoms with E-state index in [4.69, 9.17) is 11.5 Å². The van der Waals surface area contributed by atoms with Crippen molar-refractivity contribution in [2.45, 2.75) is 12.8 Å². The second kappa shape index (κ2) is 5.75. The molecular weight excluding hydrogens is 142 g/mol. The maximum absolute atomic E-state index is 10.1. The molecule has 0 spiro atoms. The van der Waals surface area contributed by atoms with Gasteiger partial charge in [0.15, 0.2) is 0 Å². The molecule has 0 aromatic carbocycles. The third-order valence-electron chi connectivity index (χ3n) is 1.29. The summed E-state index contributed by atoms with van der Waals surface area (Å²) < 4.78 is 0. The smallest absolute Gasteiger partial charge is 0.303 e. The third kappa shape index (κ3) is 6.88. The van der Waals surface area contributed by atoms with Crippen molar-refractivity contribution >= 4 is 5.97 Å². The predicted octanol–water partition coefficient (Wildman–Crippen LogP) is 0.416. The van der Waals surface area contributed by atoms with E-state index >= 15 is 0 Å². The molecule has 0 heterocycles. The standard InChI is InChI=1S/C8H13NO2/c1-3-6-9(2)7-4-5-8(10)11/h1H,4-7H2,2H3,(H,10,11). The van der Waals surface area contributed by atoms with Crippen LogP contribution >= 0.6 is 0 Å². The summed E-state index contributed by atoms with van der Waals surface area (Å²) >= 11 is 0. The summed E-state index contributed by atoms with van der Waals surface area (Å²) in [5, 5.41) is 8.30. The van der Waals surface area contributed by atoms with Gasteiger partial charge in [0, 0.05) is 6.42 Å². The molecule has 11 heavy (non-hydrogen) atoms. The zero-order valence-electron chi connectivity index (χ0n) is 6.71. The van der Waals surface area contributed by atoms with E-state index in [2.05, 4.69) is 5.92 Å². The Morgan fingerprint density at radius 3 is 2.82 bits per heavy atom. The normalized spacial score (nSPS) is 9.55. The van der Waals surface area contributed by atoms with Crippen LogP contribution in [0.2, 0.25) is 0 Å². The summed E-state index contributed by atoms with van der Waals surface area (Å²) in [5.74, 6) is 1.73. The molecule has 0 aromatic rings. The van der Waals surface area contributed by atoms with Crippen molar-refractivity contribution in [3.05, 3.63) is 0 Å². The summed E-state index contributed by atoms with van der Waals surface area (Å²) in [6, 6.07) is 0. The molecule has 0 atom stereocenters. The number of rotatable bonds is 5. The molecule has 0 aliphatic carbocycles. The lowest BCUT2D eigenvalue weighted by molar-refractivity contribution is -0.137. The first-order valence-electron chi connectivity index (χ1n) is 3.50. The van der Waals surface area contributed by atoms with Crippen molar-refractivity contribution in [3.8, 4) is 12.3 Å². The molecule has 0 fully saturated rings. The van der Waals surface area contributed by atoms with E-state index in [9.17, 15) is 4.79 Å². The molecule has 0 rings (SSSR count). The van der Waals surface area contributed by atoms with Gasteiger partial charge in [-0.15, -0.1) is 6.42 Å². The molecule has 0 bridgehead atoms. The van der Waals surface area contributed by atoms with Crippen LogP contribution in [0.4, 0.5) is 0 Å². The lowest BCUT2D eigenvalue weighted by atomic mass is 10.3.